The summed E-state index contributed by atoms with van der Waals surface area (Å²) in [5, 5.41) is 12.5. The number of rotatable bonds is 8. The minimum atomic E-state index is -0.464. The number of amides is 1. The third-order valence-corrected chi connectivity index (χ3v) is 3.78. The highest BCUT2D eigenvalue weighted by atomic mass is 127. The van der Waals surface area contributed by atoms with Crippen molar-refractivity contribution in [1.29, 1.82) is 0 Å². The highest BCUT2D eigenvalue weighted by Gasteiger charge is 2.20. The van der Waals surface area contributed by atoms with Crippen LogP contribution in [0.4, 0.5) is 0 Å². The Labute approximate surface area is 123 Å². The van der Waals surface area contributed by atoms with Gasteiger partial charge < -0.3 is 10.4 Å². The average Bonchev–Trinajstić information content (AvgIpc) is 2.25. The van der Waals surface area contributed by atoms with Gasteiger partial charge in [0.25, 0.3) is 0 Å². The van der Waals surface area contributed by atoms with Crippen molar-refractivity contribution in [1.82, 2.24) is 5.32 Å². The van der Waals surface area contributed by atoms with E-state index in [0.717, 1.165) is 12.8 Å². The molecule has 5 heteroatoms. The first-order valence-electron chi connectivity index (χ1n) is 6.41. The van der Waals surface area contributed by atoms with E-state index in [4.69, 9.17) is 0 Å². The summed E-state index contributed by atoms with van der Waals surface area (Å²) in [5.74, 6) is 0.113. The zero-order valence-electron chi connectivity index (χ0n) is 11.6. The van der Waals surface area contributed by atoms with Crippen molar-refractivity contribution in [2.75, 3.05) is 0 Å². The molecule has 0 aromatic heterocycles. The standard InChI is InChI=1S/C13H24INO3/c1-8(2)5-6-11(16)7-9(3)13(18)15-10(4)12(14)17/h8-11,16H,5-7H2,1-4H3,(H,15,18). The Balaban J connectivity index is 4.03. The smallest absolute Gasteiger partial charge is 0.223 e. The highest BCUT2D eigenvalue weighted by molar-refractivity contribution is 14.1. The zero-order valence-corrected chi connectivity index (χ0v) is 13.7. The van der Waals surface area contributed by atoms with Crippen LogP contribution in [0.15, 0.2) is 0 Å². The third-order valence-electron chi connectivity index (χ3n) is 2.85. The van der Waals surface area contributed by atoms with Crippen LogP contribution in [0.2, 0.25) is 0 Å². The van der Waals surface area contributed by atoms with Gasteiger partial charge in [-0.15, -0.1) is 0 Å². The molecule has 0 aromatic carbocycles. The molecule has 0 spiro atoms. The predicted molar refractivity (Wildman–Crippen MR) is 80.5 cm³/mol. The largest absolute Gasteiger partial charge is 0.393 e. The molecule has 0 fully saturated rings. The number of carbonyl (C=O) groups excluding carboxylic acids is 2. The summed E-state index contributed by atoms with van der Waals surface area (Å²) in [6, 6.07) is -0.464. The Morgan fingerprint density at radius 1 is 1.17 bits per heavy atom. The molecule has 0 saturated heterocycles. The quantitative estimate of drug-likeness (QED) is 0.510. The van der Waals surface area contributed by atoms with Crippen molar-refractivity contribution < 1.29 is 14.7 Å². The lowest BCUT2D eigenvalue weighted by Gasteiger charge is -2.18. The van der Waals surface area contributed by atoms with E-state index in [1.54, 1.807) is 36.4 Å². The second kappa shape index (κ2) is 8.85. The van der Waals surface area contributed by atoms with Crippen molar-refractivity contribution in [2.24, 2.45) is 11.8 Å². The van der Waals surface area contributed by atoms with Crippen LogP contribution in [0.25, 0.3) is 0 Å². The monoisotopic (exact) mass is 369 g/mol. The molecular weight excluding hydrogens is 345 g/mol. The lowest BCUT2D eigenvalue weighted by molar-refractivity contribution is -0.127. The Hall–Kier alpha value is -0.170. The van der Waals surface area contributed by atoms with E-state index >= 15 is 0 Å². The second-order valence-electron chi connectivity index (χ2n) is 5.30. The van der Waals surface area contributed by atoms with Gasteiger partial charge in [0, 0.05) is 28.5 Å². The predicted octanol–water partition coefficient (Wildman–Crippen LogP) is 2.28. The van der Waals surface area contributed by atoms with E-state index in [0.29, 0.717) is 12.3 Å². The van der Waals surface area contributed by atoms with E-state index in [9.17, 15) is 14.7 Å². The van der Waals surface area contributed by atoms with Crippen molar-refractivity contribution in [3.8, 4) is 0 Å². The molecule has 106 valence electrons. The van der Waals surface area contributed by atoms with Gasteiger partial charge in [-0.05, 0) is 32.1 Å². The maximum atomic E-state index is 11.8. The average molecular weight is 369 g/mol. The molecule has 0 radical (unpaired) electrons. The van der Waals surface area contributed by atoms with Crippen molar-refractivity contribution in [3.05, 3.63) is 0 Å². The molecule has 0 saturated carbocycles. The maximum Gasteiger partial charge on any atom is 0.223 e. The lowest BCUT2D eigenvalue weighted by Crippen LogP contribution is -2.40. The molecule has 4 nitrogen and oxygen atoms in total. The van der Waals surface area contributed by atoms with Gasteiger partial charge in [-0.1, -0.05) is 20.8 Å². The van der Waals surface area contributed by atoms with E-state index in [-0.39, 0.29) is 15.6 Å². The summed E-state index contributed by atoms with van der Waals surface area (Å²) in [6.45, 7) is 7.65. The molecule has 0 heterocycles. The van der Waals surface area contributed by atoms with Gasteiger partial charge >= 0.3 is 0 Å². The maximum absolute atomic E-state index is 11.8. The van der Waals surface area contributed by atoms with Gasteiger partial charge in [-0.25, -0.2) is 0 Å². The number of hydrogen-bond donors (Lipinski definition) is 2. The topological polar surface area (TPSA) is 66.4 Å². The Morgan fingerprint density at radius 2 is 1.72 bits per heavy atom. The number of nitrogens with one attached hydrogen (secondary N) is 1. The van der Waals surface area contributed by atoms with E-state index in [1.807, 2.05) is 0 Å². The van der Waals surface area contributed by atoms with E-state index in [2.05, 4.69) is 19.2 Å². The van der Waals surface area contributed by atoms with Gasteiger partial charge in [0.2, 0.25) is 9.70 Å². The van der Waals surface area contributed by atoms with E-state index in [1.165, 1.54) is 0 Å². The van der Waals surface area contributed by atoms with Crippen LogP contribution in [-0.4, -0.2) is 26.9 Å². The van der Waals surface area contributed by atoms with Gasteiger partial charge in [-0.2, -0.15) is 0 Å². The summed E-state index contributed by atoms with van der Waals surface area (Å²) in [4.78, 5) is 22.8. The molecule has 3 atom stereocenters. The fourth-order valence-electron chi connectivity index (χ4n) is 1.57. The fraction of sp³-hybridized carbons (Fsp3) is 0.846. The SMILES string of the molecule is CC(C)CCC(O)CC(C)C(=O)NC(C)C(=O)I. The number of carbonyl (C=O) groups is 2. The first-order valence-corrected chi connectivity index (χ1v) is 7.49. The lowest BCUT2D eigenvalue weighted by atomic mass is 9.97. The Bertz CT molecular complexity index is 281. The highest BCUT2D eigenvalue weighted by Crippen LogP contribution is 2.14. The molecule has 2 N–H and O–H groups in total. The van der Waals surface area contributed by atoms with Gasteiger partial charge in [-0.3, -0.25) is 9.59 Å². The molecule has 0 aliphatic carbocycles. The van der Waals surface area contributed by atoms with Crippen LogP contribution in [0.5, 0.6) is 0 Å². The molecule has 0 aliphatic heterocycles. The number of halogens is 1. The summed E-state index contributed by atoms with van der Waals surface area (Å²) in [6.07, 6.45) is 1.67. The first-order chi connectivity index (χ1) is 8.23. The molecule has 18 heavy (non-hydrogen) atoms. The van der Waals surface area contributed by atoms with Crippen LogP contribution >= 0.6 is 22.6 Å². The third kappa shape index (κ3) is 8.02. The van der Waals surface area contributed by atoms with Crippen molar-refractivity contribution in [3.63, 3.8) is 0 Å². The van der Waals surface area contributed by atoms with Gasteiger partial charge in [0.15, 0.2) is 0 Å². The molecular formula is C13H24INO3. The zero-order chi connectivity index (χ0) is 14.3. The Morgan fingerprint density at radius 3 is 2.17 bits per heavy atom. The van der Waals surface area contributed by atoms with Crippen LogP contribution in [0.3, 0.4) is 0 Å². The van der Waals surface area contributed by atoms with Gasteiger partial charge in [0.1, 0.15) is 0 Å². The number of aliphatic hydroxyl groups is 1. The summed E-state index contributed by atoms with van der Waals surface area (Å²) < 4.78 is -0.0893. The molecule has 0 bridgehead atoms. The van der Waals surface area contributed by atoms with E-state index < -0.39 is 12.1 Å². The van der Waals surface area contributed by atoms with Crippen LogP contribution in [-0.2, 0) is 9.59 Å². The van der Waals surface area contributed by atoms with Crippen LogP contribution in [0.1, 0.15) is 47.0 Å². The Kier molecular flexibility index (Phi) is 8.77. The van der Waals surface area contributed by atoms with Gasteiger partial charge in [0.05, 0.1) is 12.1 Å². The molecule has 0 aliphatic rings. The van der Waals surface area contributed by atoms with Crippen molar-refractivity contribution in [2.45, 2.75) is 59.1 Å². The van der Waals surface area contributed by atoms with Crippen molar-refractivity contribution >= 4 is 32.3 Å². The number of aliphatic hydroxyl groups excluding tert-OH is 1. The molecule has 1 amide bonds. The molecule has 0 aromatic rings. The summed E-state index contributed by atoms with van der Waals surface area (Å²) in [7, 11) is 0. The fourth-order valence-corrected chi connectivity index (χ4v) is 1.73. The molecule has 0 rings (SSSR count). The minimum absolute atomic E-state index is 0.0893. The minimum Gasteiger partial charge on any atom is -0.393 e. The summed E-state index contributed by atoms with van der Waals surface area (Å²) in [5.41, 5.74) is 0. The second-order valence-corrected chi connectivity index (χ2v) is 6.36. The normalized spacial score (nSPS) is 16.2. The first kappa shape index (κ1) is 17.8. The molecule has 3 unspecified atom stereocenters. The van der Waals surface area contributed by atoms with Crippen LogP contribution < -0.4 is 5.32 Å². The van der Waals surface area contributed by atoms with Crippen LogP contribution in [0, 0.1) is 11.8 Å². The number of hydrogen-bond acceptors (Lipinski definition) is 3. The summed E-state index contributed by atoms with van der Waals surface area (Å²) >= 11 is 1.67.